The molecule has 2 N–H and O–H groups in total. The number of methoxy groups -OCH3 is 1. The fourth-order valence-corrected chi connectivity index (χ4v) is 2.07. The lowest BCUT2D eigenvalue weighted by Crippen LogP contribution is -2.07. The van der Waals surface area contributed by atoms with E-state index in [-0.39, 0.29) is 5.78 Å². The van der Waals surface area contributed by atoms with Crippen molar-refractivity contribution in [2.24, 2.45) is 0 Å². The zero-order chi connectivity index (χ0) is 14.0. The number of benzene rings is 2. The maximum absolute atomic E-state index is 12.5. The van der Waals surface area contributed by atoms with E-state index in [2.05, 4.69) is 0 Å². The first-order valence-electron chi connectivity index (χ1n) is 5.77. The van der Waals surface area contributed by atoms with Crippen molar-refractivity contribution in [1.29, 1.82) is 0 Å². The van der Waals surface area contributed by atoms with Crippen LogP contribution < -0.4 is 10.5 Å². The van der Waals surface area contributed by atoms with Crippen LogP contribution in [0.15, 0.2) is 36.4 Å². The Morgan fingerprint density at radius 1 is 1.16 bits per heavy atom. The standard InChI is InChI=1S/C15H14ClNO2/c1-9-3-6-14(19-2)12(7-9)15(18)11-5-4-10(16)8-13(11)17/h3-8H,17H2,1-2H3. The molecule has 0 aromatic heterocycles. The van der Waals surface area contributed by atoms with Crippen LogP contribution in [-0.2, 0) is 0 Å². The molecule has 0 fully saturated rings. The maximum atomic E-state index is 12.5. The average Bonchev–Trinajstić information content (AvgIpc) is 2.38. The molecule has 0 spiro atoms. The van der Waals surface area contributed by atoms with E-state index in [1.54, 1.807) is 30.3 Å². The van der Waals surface area contributed by atoms with Crippen LogP contribution in [0.2, 0.25) is 5.02 Å². The minimum Gasteiger partial charge on any atom is -0.496 e. The lowest BCUT2D eigenvalue weighted by atomic mass is 9.99. The predicted molar refractivity (Wildman–Crippen MR) is 77.0 cm³/mol. The van der Waals surface area contributed by atoms with Gasteiger partial charge in [0.1, 0.15) is 5.75 Å². The van der Waals surface area contributed by atoms with Crippen LogP contribution in [0, 0.1) is 6.92 Å². The topological polar surface area (TPSA) is 52.3 Å². The van der Waals surface area contributed by atoms with Crippen molar-refractivity contribution in [2.75, 3.05) is 12.8 Å². The summed E-state index contributed by atoms with van der Waals surface area (Å²) in [6.07, 6.45) is 0. The molecule has 0 saturated carbocycles. The van der Waals surface area contributed by atoms with Crippen molar-refractivity contribution in [1.82, 2.24) is 0 Å². The molecule has 0 amide bonds. The van der Waals surface area contributed by atoms with Gasteiger partial charge in [0.25, 0.3) is 0 Å². The number of halogens is 1. The van der Waals surface area contributed by atoms with Crippen molar-refractivity contribution in [3.8, 4) is 5.75 Å². The number of hydrogen-bond acceptors (Lipinski definition) is 3. The molecule has 0 atom stereocenters. The van der Waals surface area contributed by atoms with Gasteiger partial charge in [-0.15, -0.1) is 0 Å². The van der Waals surface area contributed by atoms with E-state index in [9.17, 15) is 4.79 Å². The summed E-state index contributed by atoms with van der Waals surface area (Å²) in [4.78, 5) is 12.5. The first-order valence-corrected chi connectivity index (χ1v) is 6.15. The van der Waals surface area contributed by atoms with Crippen LogP contribution in [0.25, 0.3) is 0 Å². The SMILES string of the molecule is COc1ccc(C)cc1C(=O)c1ccc(Cl)cc1N. The second-order valence-electron chi connectivity index (χ2n) is 4.26. The van der Waals surface area contributed by atoms with E-state index >= 15 is 0 Å². The van der Waals surface area contributed by atoms with Crippen LogP contribution >= 0.6 is 11.6 Å². The summed E-state index contributed by atoms with van der Waals surface area (Å²) in [5.74, 6) is 0.361. The number of carbonyl (C=O) groups is 1. The number of aryl methyl sites for hydroxylation is 1. The summed E-state index contributed by atoms with van der Waals surface area (Å²) in [5, 5.41) is 0.505. The fourth-order valence-electron chi connectivity index (χ4n) is 1.88. The molecule has 0 heterocycles. The quantitative estimate of drug-likeness (QED) is 0.689. The van der Waals surface area contributed by atoms with E-state index in [1.165, 1.54) is 7.11 Å². The Morgan fingerprint density at radius 3 is 2.53 bits per heavy atom. The number of nitrogen functional groups attached to an aromatic ring is 1. The van der Waals surface area contributed by atoms with Gasteiger partial charge in [-0.05, 0) is 37.3 Å². The molecule has 0 saturated heterocycles. The molecule has 0 aliphatic carbocycles. The number of ketones is 1. The van der Waals surface area contributed by atoms with E-state index < -0.39 is 0 Å². The average molecular weight is 276 g/mol. The predicted octanol–water partition coefficient (Wildman–Crippen LogP) is 3.47. The highest BCUT2D eigenvalue weighted by Crippen LogP contribution is 2.26. The Kier molecular flexibility index (Phi) is 3.76. The molecule has 0 radical (unpaired) electrons. The molecular weight excluding hydrogens is 262 g/mol. The summed E-state index contributed by atoms with van der Waals surface area (Å²) in [6, 6.07) is 10.3. The zero-order valence-corrected chi connectivity index (χ0v) is 11.5. The molecular formula is C15H14ClNO2. The van der Waals surface area contributed by atoms with Crippen LogP contribution in [0.1, 0.15) is 21.5 Å². The number of nitrogens with two attached hydrogens (primary N) is 1. The lowest BCUT2D eigenvalue weighted by Gasteiger charge is -2.10. The van der Waals surface area contributed by atoms with Crippen LogP contribution in [0.3, 0.4) is 0 Å². The molecule has 0 aliphatic rings. The monoisotopic (exact) mass is 275 g/mol. The Morgan fingerprint density at radius 2 is 1.89 bits per heavy atom. The number of carbonyl (C=O) groups excluding carboxylic acids is 1. The molecule has 2 rings (SSSR count). The first kappa shape index (κ1) is 13.4. The van der Waals surface area contributed by atoms with Crippen molar-refractivity contribution < 1.29 is 9.53 Å². The number of rotatable bonds is 3. The largest absolute Gasteiger partial charge is 0.496 e. The molecule has 98 valence electrons. The van der Waals surface area contributed by atoms with E-state index in [0.717, 1.165) is 5.56 Å². The minimum absolute atomic E-state index is 0.172. The maximum Gasteiger partial charge on any atom is 0.198 e. The van der Waals surface area contributed by atoms with E-state index in [1.807, 2.05) is 13.0 Å². The van der Waals surface area contributed by atoms with Gasteiger partial charge in [0.2, 0.25) is 0 Å². The van der Waals surface area contributed by atoms with Gasteiger partial charge < -0.3 is 10.5 Å². The van der Waals surface area contributed by atoms with Crippen molar-refractivity contribution >= 4 is 23.1 Å². The normalized spacial score (nSPS) is 10.3. The van der Waals surface area contributed by atoms with Gasteiger partial charge in [-0.2, -0.15) is 0 Å². The van der Waals surface area contributed by atoms with Crippen molar-refractivity contribution in [3.63, 3.8) is 0 Å². The summed E-state index contributed by atoms with van der Waals surface area (Å²) >= 11 is 5.84. The Labute approximate surface area is 117 Å². The summed E-state index contributed by atoms with van der Waals surface area (Å²) < 4.78 is 5.22. The van der Waals surface area contributed by atoms with Gasteiger partial charge in [-0.3, -0.25) is 4.79 Å². The second kappa shape index (κ2) is 5.33. The highest BCUT2D eigenvalue weighted by molar-refractivity contribution is 6.31. The first-order chi connectivity index (χ1) is 9.02. The van der Waals surface area contributed by atoms with Gasteiger partial charge in [-0.1, -0.05) is 23.2 Å². The van der Waals surface area contributed by atoms with E-state index in [4.69, 9.17) is 22.1 Å². The highest BCUT2D eigenvalue weighted by atomic mass is 35.5. The van der Waals surface area contributed by atoms with Gasteiger partial charge in [0, 0.05) is 16.3 Å². The molecule has 19 heavy (non-hydrogen) atoms. The molecule has 2 aromatic carbocycles. The lowest BCUT2D eigenvalue weighted by molar-refractivity contribution is 0.103. The van der Waals surface area contributed by atoms with Gasteiger partial charge in [-0.25, -0.2) is 0 Å². The molecule has 4 heteroatoms. The zero-order valence-electron chi connectivity index (χ0n) is 10.7. The Hall–Kier alpha value is -2.00. The summed E-state index contributed by atoms with van der Waals surface area (Å²) in [5.41, 5.74) is 8.11. The molecule has 0 aliphatic heterocycles. The highest BCUT2D eigenvalue weighted by Gasteiger charge is 2.17. The third-order valence-electron chi connectivity index (χ3n) is 2.86. The third kappa shape index (κ3) is 2.71. The van der Waals surface area contributed by atoms with E-state index in [0.29, 0.717) is 27.6 Å². The second-order valence-corrected chi connectivity index (χ2v) is 4.70. The van der Waals surface area contributed by atoms with Gasteiger partial charge >= 0.3 is 0 Å². The molecule has 0 bridgehead atoms. The van der Waals surface area contributed by atoms with Gasteiger partial charge in [0.05, 0.1) is 12.7 Å². The van der Waals surface area contributed by atoms with Crippen LogP contribution in [0.4, 0.5) is 5.69 Å². The smallest absolute Gasteiger partial charge is 0.198 e. The van der Waals surface area contributed by atoms with Crippen molar-refractivity contribution in [2.45, 2.75) is 6.92 Å². The van der Waals surface area contributed by atoms with Crippen LogP contribution in [-0.4, -0.2) is 12.9 Å². The molecule has 0 unspecified atom stereocenters. The summed E-state index contributed by atoms with van der Waals surface area (Å²) in [6.45, 7) is 1.92. The fraction of sp³-hybridized carbons (Fsp3) is 0.133. The van der Waals surface area contributed by atoms with Crippen molar-refractivity contribution in [3.05, 3.63) is 58.1 Å². The number of ether oxygens (including phenoxy) is 1. The summed E-state index contributed by atoms with van der Waals surface area (Å²) in [7, 11) is 1.53. The number of hydrogen-bond donors (Lipinski definition) is 1. The van der Waals surface area contributed by atoms with Gasteiger partial charge in [0.15, 0.2) is 5.78 Å². The third-order valence-corrected chi connectivity index (χ3v) is 3.09. The molecule has 3 nitrogen and oxygen atoms in total. The Balaban J connectivity index is 2.52. The minimum atomic E-state index is -0.172. The number of anilines is 1. The Bertz CT molecular complexity index is 638. The van der Waals surface area contributed by atoms with Crippen LogP contribution in [0.5, 0.6) is 5.75 Å². The molecule has 2 aromatic rings.